The van der Waals surface area contributed by atoms with Gasteiger partial charge < -0.3 is 19.3 Å². The van der Waals surface area contributed by atoms with Crippen LogP contribution in [0.2, 0.25) is 35.7 Å². The number of ether oxygens (including phenoxy) is 1. The summed E-state index contributed by atoms with van der Waals surface area (Å²) in [5.74, 6) is -0.122. The summed E-state index contributed by atoms with van der Waals surface area (Å²) < 4.78 is 7.76. The second kappa shape index (κ2) is 8.13. The summed E-state index contributed by atoms with van der Waals surface area (Å²) in [5.41, 5.74) is 1.33. The van der Waals surface area contributed by atoms with Crippen molar-refractivity contribution < 1.29 is 14.6 Å². The molecule has 1 aliphatic heterocycles. The van der Waals surface area contributed by atoms with E-state index in [9.17, 15) is 9.90 Å². The molecule has 8 heteroatoms. The predicted molar refractivity (Wildman–Crippen MR) is 113 cm³/mol. The third-order valence-electron chi connectivity index (χ3n) is 4.86. The molecule has 1 saturated heterocycles. The second-order valence-corrected chi connectivity index (χ2v) is 14.7. The molecule has 1 aromatic carbocycles. The number of benzene rings is 1. The summed E-state index contributed by atoms with van der Waals surface area (Å²) in [4.78, 5) is 14.7. The van der Waals surface area contributed by atoms with Gasteiger partial charge in [-0.1, -0.05) is 42.8 Å². The zero-order valence-electron chi connectivity index (χ0n) is 16.0. The van der Waals surface area contributed by atoms with E-state index in [2.05, 4.69) is 19.6 Å². The molecule has 1 N–H and O–H groups in total. The Morgan fingerprint density at radius 3 is 2.70 bits per heavy atom. The maximum atomic E-state index is 13.0. The molecule has 1 aliphatic rings. The van der Waals surface area contributed by atoms with Crippen molar-refractivity contribution in [2.45, 2.75) is 44.9 Å². The smallest absolute Gasteiger partial charge is 0.270 e. The zero-order valence-corrected chi connectivity index (χ0v) is 18.5. The lowest BCUT2D eigenvalue weighted by atomic mass is 10.2. The Morgan fingerprint density at radius 2 is 2.07 bits per heavy atom. The van der Waals surface area contributed by atoms with Crippen molar-refractivity contribution in [3.8, 4) is 0 Å². The lowest BCUT2D eigenvalue weighted by Gasteiger charge is -2.19. The highest BCUT2D eigenvalue weighted by Crippen LogP contribution is 2.33. The molecule has 0 saturated carbocycles. The summed E-state index contributed by atoms with van der Waals surface area (Å²) in [5, 5.41) is 11.4. The van der Waals surface area contributed by atoms with E-state index in [1.165, 1.54) is 0 Å². The van der Waals surface area contributed by atoms with Gasteiger partial charge in [-0.25, -0.2) is 0 Å². The van der Waals surface area contributed by atoms with Gasteiger partial charge in [0, 0.05) is 33.2 Å². The van der Waals surface area contributed by atoms with Crippen molar-refractivity contribution >= 4 is 48.1 Å². The van der Waals surface area contributed by atoms with Gasteiger partial charge in [-0.3, -0.25) is 4.79 Å². The molecule has 27 heavy (non-hydrogen) atoms. The summed E-state index contributed by atoms with van der Waals surface area (Å²) in [6.45, 7) is 8.75. The number of rotatable bonds is 6. The minimum absolute atomic E-state index is 0.122. The molecule has 0 radical (unpaired) electrons. The van der Waals surface area contributed by atoms with E-state index in [1.54, 1.807) is 17.0 Å². The van der Waals surface area contributed by atoms with Crippen LogP contribution in [-0.4, -0.2) is 54.4 Å². The summed E-state index contributed by atoms with van der Waals surface area (Å²) in [6, 6.07) is 6.43. The van der Waals surface area contributed by atoms with Crippen LogP contribution in [0.15, 0.2) is 18.2 Å². The van der Waals surface area contributed by atoms with Gasteiger partial charge >= 0.3 is 0 Å². The molecule has 5 nitrogen and oxygen atoms in total. The standard InChI is InChI=1S/C19H26Cl2N2O3Si/c1-27(2,3)9-8-26-12-23-16-5-4-15(20)18(21)14(16)10-17(23)19(25)22-7-6-13(24)11-22/h4-5,10,13,24H,6-9,11-12H2,1-3H3/t13-/m1/s1. The Morgan fingerprint density at radius 1 is 1.33 bits per heavy atom. The zero-order chi connectivity index (χ0) is 19.8. The molecule has 0 aliphatic carbocycles. The fraction of sp³-hybridized carbons (Fsp3) is 0.526. The Labute approximate surface area is 170 Å². The number of hydrogen-bond acceptors (Lipinski definition) is 3. The van der Waals surface area contributed by atoms with E-state index in [0.29, 0.717) is 41.9 Å². The van der Waals surface area contributed by atoms with Crippen molar-refractivity contribution in [3.05, 3.63) is 33.9 Å². The number of β-amino-alcohol motifs (C(OH)–C–C–N with tert-alkyl or cyclic N) is 1. The maximum absolute atomic E-state index is 13.0. The number of hydrogen-bond donors (Lipinski definition) is 1. The van der Waals surface area contributed by atoms with Gasteiger partial charge in [-0.15, -0.1) is 0 Å². The molecule has 1 atom stereocenters. The molecular formula is C19H26Cl2N2O3Si. The van der Waals surface area contributed by atoms with Crippen molar-refractivity contribution in [2.24, 2.45) is 0 Å². The average Bonchev–Trinajstić information content (AvgIpc) is 3.18. The Kier molecular flexibility index (Phi) is 6.23. The van der Waals surface area contributed by atoms with E-state index in [4.69, 9.17) is 27.9 Å². The molecule has 2 heterocycles. The highest BCUT2D eigenvalue weighted by molar-refractivity contribution is 6.76. The fourth-order valence-corrected chi connectivity index (χ4v) is 4.35. The lowest BCUT2D eigenvalue weighted by Crippen LogP contribution is -2.31. The van der Waals surface area contributed by atoms with E-state index >= 15 is 0 Å². The number of likely N-dealkylation sites (tertiary alicyclic amines) is 1. The fourth-order valence-electron chi connectivity index (χ4n) is 3.21. The topological polar surface area (TPSA) is 54.7 Å². The number of aliphatic hydroxyl groups excluding tert-OH is 1. The highest BCUT2D eigenvalue weighted by atomic mass is 35.5. The number of carbonyl (C=O) groups excluding carboxylic acids is 1. The number of carbonyl (C=O) groups is 1. The normalized spacial score (nSPS) is 17.9. The van der Waals surface area contributed by atoms with Crippen molar-refractivity contribution in [2.75, 3.05) is 19.7 Å². The Bertz CT molecular complexity index is 848. The highest BCUT2D eigenvalue weighted by Gasteiger charge is 2.28. The van der Waals surface area contributed by atoms with Crippen LogP contribution in [-0.2, 0) is 11.5 Å². The van der Waals surface area contributed by atoms with Gasteiger partial charge in [-0.05, 0) is 30.7 Å². The molecule has 1 aromatic heterocycles. The van der Waals surface area contributed by atoms with Crippen LogP contribution < -0.4 is 0 Å². The van der Waals surface area contributed by atoms with E-state index in [-0.39, 0.29) is 12.6 Å². The molecule has 0 spiro atoms. The molecule has 2 aromatic rings. The third kappa shape index (κ3) is 4.69. The molecule has 148 valence electrons. The van der Waals surface area contributed by atoms with Crippen LogP contribution in [0.1, 0.15) is 16.9 Å². The Balaban J connectivity index is 1.91. The van der Waals surface area contributed by atoms with Crippen molar-refractivity contribution in [3.63, 3.8) is 0 Å². The SMILES string of the molecule is C[Si](C)(C)CCOCn1c(C(=O)N2CC[C@@H](O)C2)cc2c(Cl)c(Cl)ccc21. The first-order valence-corrected chi connectivity index (χ1v) is 13.7. The third-order valence-corrected chi connectivity index (χ3v) is 7.38. The number of aliphatic hydroxyl groups is 1. The predicted octanol–water partition coefficient (Wildman–Crippen LogP) is 4.47. The van der Waals surface area contributed by atoms with Crippen LogP contribution in [0.5, 0.6) is 0 Å². The second-order valence-electron chi connectivity index (χ2n) is 8.29. The minimum atomic E-state index is -1.19. The number of amides is 1. The van der Waals surface area contributed by atoms with Crippen molar-refractivity contribution in [1.29, 1.82) is 0 Å². The summed E-state index contributed by atoms with van der Waals surface area (Å²) >= 11 is 12.5. The largest absolute Gasteiger partial charge is 0.391 e. The van der Waals surface area contributed by atoms with E-state index < -0.39 is 14.2 Å². The number of fused-ring (bicyclic) bond motifs is 1. The summed E-state index contributed by atoms with van der Waals surface area (Å²) in [6.07, 6.45) is 0.142. The number of nitrogens with zero attached hydrogens (tertiary/aromatic N) is 2. The molecule has 0 bridgehead atoms. The van der Waals surface area contributed by atoms with Gasteiger partial charge in [-0.2, -0.15) is 0 Å². The lowest BCUT2D eigenvalue weighted by molar-refractivity contribution is 0.0691. The quantitative estimate of drug-likeness (QED) is 0.545. The van der Waals surface area contributed by atoms with E-state index in [1.807, 2.05) is 10.6 Å². The van der Waals surface area contributed by atoms with Crippen LogP contribution in [0.25, 0.3) is 10.9 Å². The Hall–Kier alpha value is -1.05. The first-order chi connectivity index (χ1) is 12.7. The average molecular weight is 429 g/mol. The number of halogens is 2. The maximum Gasteiger partial charge on any atom is 0.270 e. The van der Waals surface area contributed by atoms with Crippen LogP contribution in [0, 0.1) is 0 Å². The van der Waals surface area contributed by atoms with Crippen LogP contribution in [0.3, 0.4) is 0 Å². The minimum Gasteiger partial charge on any atom is -0.391 e. The van der Waals surface area contributed by atoms with Crippen LogP contribution >= 0.6 is 23.2 Å². The van der Waals surface area contributed by atoms with Gasteiger partial charge in [0.2, 0.25) is 0 Å². The van der Waals surface area contributed by atoms with Gasteiger partial charge in [0.25, 0.3) is 5.91 Å². The molecule has 3 rings (SSSR count). The van der Waals surface area contributed by atoms with E-state index in [0.717, 1.165) is 16.9 Å². The van der Waals surface area contributed by atoms with Crippen molar-refractivity contribution in [1.82, 2.24) is 9.47 Å². The van der Waals surface area contributed by atoms with Crippen LogP contribution in [0.4, 0.5) is 0 Å². The van der Waals surface area contributed by atoms with Gasteiger partial charge in [0.1, 0.15) is 12.4 Å². The first kappa shape index (κ1) is 20.7. The molecule has 1 fully saturated rings. The molecule has 1 amide bonds. The summed E-state index contributed by atoms with van der Waals surface area (Å²) in [7, 11) is -1.19. The first-order valence-electron chi connectivity index (χ1n) is 9.20. The molecule has 0 unspecified atom stereocenters. The van der Waals surface area contributed by atoms with Gasteiger partial charge in [0.05, 0.1) is 21.7 Å². The number of aromatic nitrogens is 1. The molecular weight excluding hydrogens is 403 g/mol. The monoisotopic (exact) mass is 428 g/mol. The van der Waals surface area contributed by atoms with Gasteiger partial charge in [0.15, 0.2) is 0 Å².